The molecule has 1 atom stereocenters. The number of hydrogen-bond acceptors (Lipinski definition) is 6. The number of ether oxygens (including phenoxy) is 2. The lowest BCUT2D eigenvalue weighted by molar-refractivity contribution is 0.100. The van der Waals surface area contributed by atoms with Gasteiger partial charge in [0.2, 0.25) is 0 Å². The zero-order chi connectivity index (χ0) is 25.8. The Hall–Kier alpha value is -4.30. The van der Waals surface area contributed by atoms with Gasteiger partial charge in [-0.05, 0) is 68.2 Å². The lowest BCUT2D eigenvalue weighted by atomic mass is 9.97. The summed E-state index contributed by atoms with van der Waals surface area (Å²) in [6.07, 6.45) is 0. The minimum absolute atomic E-state index is 0.167. The van der Waals surface area contributed by atoms with Crippen LogP contribution in [0.3, 0.4) is 0 Å². The van der Waals surface area contributed by atoms with Crippen LogP contribution in [0.4, 0.5) is 5.82 Å². The third kappa shape index (κ3) is 5.59. The molecule has 5 rings (SSSR count). The molecule has 0 aliphatic carbocycles. The Balaban J connectivity index is 1.36. The molecule has 37 heavy (non-hydrogen) atoms. The standard InChI is InChI=1S/C29H31N5O3/c1-33(2)15-16-36-25-10-6-7-21(17-25)22-18-31-29-26(28(30)35)27(32-34(29)19-22)20-11-13-24(14-12-20)37-23-8-4-3-5-9-23/h3-14,17,22,31H,15-16,18-19H2,1-2H3,(H2,30,35). The van der Waals surface area contributed by atoms with Crippen molar-refractivity contribution in [3.63, 3.8) is 0 Å². The van der Waals surface area contributed by atoms with Gasteiger partial charge in [0.05, 0.1) is 6.54 Å². The predicted octanol–water partition coefficient (Wildman–Crippen LogP) is 4.59. The van der Waals surface area contributed by atoms with Crippen LogP contribution < -0.4 is 20.5 Å². The molecule has 1 aliphatic heterocycles. The van der Waals surface area contributed by atoms with Crippen LogP contribution in [-0.4, -0.2) is 54.4 Å². The van der Waals surface area contributed by atoms with Crippen molar-refractivity contribution in [2.24, 2.45) is 5.73 Å². The largest absolute Gasteiger partial charge is 0.492 e. The Kier molecular flexibility index (Phi) is 7.09. The van der Waals surface area contributed by atoms with Crippen LogP contribution in [0.1, 0.15) is 21.8 Å². The number of amides is 1. The number of fused-ring (bicyclic) bond motifs is 1. The highest BCUT2D eigenvalue weighted by Crippen LogP contribution is 2.35. The zero-order valence-corrected chi connectivity index (χ0v) is 21.1. The molecule has 8 nitrogen and oxygen atoms in total. The second kappa shape index (κ2) is 10.8. The number of carbonyl (C=O) groups excluding carboxylic acids is 1. The van der Waals surface area contributed by atoms with E-state index in [-0.39, 0.29) is 5.92 Å². The van der Waals surface area contributed by atoms with Crippen LogP contribution in [0.15, 0.2) is 78.9 Å². The average Bonchev–Trinajstić information content (AvgIpc) is 3.29. The number of nitrogens with one attached hydrogen (secondary N) is 1. The maximum Gasteiger partial charge on any atom is 0.254 e. The van der Waals surface area contributed by atoms with E-state index in [1.165, 1.54) is 0 Å². The molecule has 3 aromatic carbocycles. The van der Waals surface area contributed by atoms with E-state index in [0.29, 0.717) is 42.5 Å². The molecule has 2 heterocycles. The number of nitrogens with zero attached hydrogens (tertiary/aromatic N) is 3. The summed E-state index contributed by atoms with van der Waals surface area (Å²) in [6.45, 7) is 2.77. The monoisotopic (exact) mass is 497 g/mol. The number of para-hydroxylation sites is 1. The summed E-state index contributed by atoms with van der Waals surface area (Å²) in [7, 11) is 4.05. The Labute approximate surface area is 216 Å². The van der Waals surface area contributed by atoms with E-state index in [9.17, 15) is 4.79 Å². The third-order valence-electron chi connectivity index (χ3n) is 6.35. The molecule has 3 N–H and O–H groups in total. The number of aromatic nitrogens is 2. The number of primary amides is 1. The molecule has 8 heteroatoms. The molecule has 0 radical (unpaired) electrons. The highest BCUT2D eigenvalue weighted by Gasteiger charge is 2.29. The molecule has 4 aromatic rings. The molecule has 1 aliphatic rings. The lowest BCUT2D eigenvalue weighted by Crippen LogP contribution is -2.28. The number of anilines is 1. The van der Waals surface area contributed by atoms with Crippen molar-refractivity contribution in [2.75, 3.05) is 39.1 Å². The number of nitrogens with two attached hydrogens (primary N) is 1. The van der Waals surface area contributed by atoms with Gasteiger partial charge in [0.1, 0.15) is 40.9 Å². The average molecular weight is 498 g/mol. The number of benzene rings is 3. The van der Waals surface area contributed by atoms with Gasteiger partial charge in [-0.25, -0.2) is 4.68 Å². The highest BCUT2D eigenvalue weighted by molar-refractivity contribution is 6.03. The summed E-state index contributed by atoms with van der Waals surface area (Å²) >= 11 is 0. The van der Waals surface area contributed by atoms with Gasteiger partial charge in [-0.2, -0.15) is 5.10 Å². The topological polar surface area (TPSA) is 94.6 Å². The van der Waals surface area contributed by atoms with Crippen molar-refractivity contribution in [3.05, 3.63) is 90.0 Å². The normalized spacial score (nSPS) is 14.6. The van der Waals surface area contributed by atoms with Crippen molar-refractivity contribution in [1.29, 1.82) is 0 Å². The van der Waals surface area contributed by atoms with Crippen molar-refractivity contribution >= 4 is 11.7 Å². The summed E-state index contributed by atoms with van der Waals surface area (Å²) in [5.74, 6) is 2.62. The summed E-state index contributed by atoms with van der Waals surface area (Å²) in [5.41, 5.74) is 8.72. The van der Waals surface area contributed by atoms with Crippen LogP contribution >= 0.6 is 0 Å². The zero-order valence-electron chi connectivity index (χ0n) is 21.1. The Morgan fingerprint density at radius 3 is 2.49 bits per heavy atom. The van der Waals surface area contributed by atoms with Crippen LogP contribution in [0.2, 0.25) is 0 Å². The van der Waals surface area contributed by atoms with E-state index < -0.39 is 5.91 Å². The Morgan fingerprint density at radius 2 is 1.76 bits per heavy atom. The molecular weight excluding hydrogens is 466 g/mol. The first kappa shape index (κ1) is 24.4. The van der Waals surface area contributed by atoms with Gasteiger partial charge in [0, 0.05) is 24.6 Å². The van der Waals surface area contributed by atoms with Gasteiger partial charge in [-0.1, -0.05) is 30.3 Å². The van der Waals surface area contributed by atoms with Crippen LogP contribution in [-0.2, 0) is 6.54 Å². The fraction of sp³-hybridized carbons (Fsp3) is 0.241. The van der Waals surface area contributed by atoms with E-state index in [0.717, 1.165) is 29.2 Å². The quantitative estimate of drug-likeness (QED) is 0.351. The fourth-order valence-electron chi connectivity index (χ4n) is 4.44. The second-order valence-electron chi connectivity index (χ2n) is 9.36. The van der Waals surface area contributed by atoms with E-state index >= 15 is 0 Å². The van der Waals surface area contributed by atoms with Gasteiger partial charge >= 0.3 is 0 Å². The first-order valence-electron chi connectivity index (χ1n) is 12.3. The van der Waals surface area contributed by atoms with E-state index in [1.807, 2.05) is 85.5 Å². The first-order chi connectivity index (χ1) is 18.0. The second-order valence-corrected chi connectivity index (χ2v) is 9.36. The maximum atomic E-state index is 12.5. The fourth-order valence-corrected chi connectivity index (χ4v) is 4.44. The molecule has 1 aromatic heterocycles. The van der Waals surface area contributed by atoms with Crippen LogP contribution in [0, 0.1) is 0 Å². The smallest absolute Gasteiger partial charge is 0.254 e. The highest BCUT2D eigenvalue weighted by atomic mass is 16.5. The van der Waals surface area contributed by atoms with Gasteiger partial charge in [0.25, 0.3) is 5.91 Å². The van der Waals surface area contributed by atoms with Gasteiger partial charge < -0.3 is 25.4 Å². The minimum atomic E-state index is -0.511. The number of likely N-dealkylation sites (N-methyl/N-ethyl adjacent to an activating group) is 1. The SMILES string of the molecule is CN(C)CCOc1cccc(C2CNc3c(C(N)=O)c(-c4ccc(Oc5ccccc5)cc4)nn3C2)c1. The summed E-state index contributed by atoms with van der Waals surface area (Å²) in [5, 5.41) is 8.20. The van der Waals surface area contributed by atoms with Gasteiger partial charge in [0.15, 0.2) is 0 Å². The Bertz CT molecular complexity index is 1370. The molecule has 1 unspecified atom stereocenters. The molecule has 0 fully saturated rings. The van der Waals surface area contributed by atoms with Crippen LogP contribution in [0.5, 0.6) is 17.2 Å². The van der Waals surface area contributed by atoms with Gasteiger partial charge in [-0.15, -0.1) is 0 Å². The molecule has 190 valence electrons. The predicted molar refractivity (Wildman–Crippen MR) is 144 cm³/mol. The minimum Gasteiger partial charge on any atom is -0.492 e. The van der Waals surface area contributed by atoms with Crippen molar-refractivity contribution in [1.82, 2.24) is 14.7 Å². The molecule has 1 amide bonds. The molecule has 0 saturated heterocycles. The maximum absolute atomic E-state index is 12.5. The van der Waals surface area contributed by atoms with Gasteiger partial charge in [-0.3, -0.25) is 4.79 Å². The molecule has 0 saturated carbocycles. The summed E-state index contributed by atoms with van der Waals surface area (Å²) in [4.78, 5) is 14.6. The van der Waals surface area contributed by atoms with Crippen molar-refractivity contribution < 1.29 is 14.3 Å². The van der Waals surface area contributed by atoms with Crippen molar-refractivity contribution in [2.45, 2.75) is 12.5 Å². The summed E-state index contributed by atoms with van der Waals surface area (Å²) in [6, 6.07) is 25.3. The summed E-state index contributed by atoms with van der Waals surface area (Å²) < 4.78 is 13.7. The van der Waals surface area contributed by atoms with Crippen molar-refractivity contribution in [3.8, 4) is 28.5 Å². The molecule has 0 spiro atoms. The van der Waals surface area contributed by atoms with E-state index in [4.69, 9.17) is 20.3 Å². The number of carbonyl (C=O) groups is 1. The molecule has 0 bridgehead atoms. The van der Waals surface area contributed by atoms with Crippen LogP contribution in [0.25, 0.3) is 11.3 Å². The Morgan fingerprint density at radius 1 is 1.03 bits per heavy atom. The van der Waals surface area contributed by atoms with E-state index in [2.05, 4.69) is 22.3 Å². The first-order valence-corrected chi connectivity index (χ1v) is 12.3. The van der Waals surface area contributed by atoms with E-state index in [1.54, 1.807) is 0 Å². The third-order valence-corrected chi connectivity index (χ3v) is 6.35. The number of hydrogen-bond donors (Lipinski definition) is 2. The number of rotatable bonds is 9. The lowest BCUT2D eigenvalue weighted by Gasteiger charge is -2.26. The molecular formula is C29H31N5O3.